The van der Waals surface area contributed by atoms with E-state index in [9.17, 15) is 24.8 Å². The van der Waals surface area contributed by atoms with E-state index in [1.807, 2.05) is 26.0 Å². The number of nitro groups is 1. The van der Waals surface area contributed by atoms with Crippen molar-refractivity contribution in [2.45, 2.75) is 44.9 Å². The van der Waals surface area contributed by atoms with Crippen molar-refractivity contribution in [2.24, 2.45) is 17.8 Å². The second-order valence-corrected chi connectivity index (χ2v) is 8.36. The minimum atomic E-state index is -1.61. The number of likely N-dealkylation sites (tertiary alicyclic amines) is 1. The lowest BCUT2D eigenvalue weighted by atomic mass is 9.88. The molecule has 9 heteroatoms. The molecule has 1 aliphatic heterocycles. The van der Waals surface area contributed by atoms with Crippen molar-refractivity contribution in [1.29, 1.82) is 0 Å². The molecule has 3 rings (SSSR count). The summed E-state index contributed by atoms with van der Waals surface area (Å²) >= 11 is 0. The lowest BCUT2D eigenvalue weighted by molar-refractivity contribution is -0.491. The van der Waals surface area contributed by atoms with Gasteiger partial charge in [0.1, 0.15) is 17.5 Å². The SMILES string of the molecule is COC(=O)[C@H](Cc1ccc(C)c(OC)c1)N1C(=O)CC2[C@H](C[N+](=O)[O-])[C@@H](C)CC21O. The van der Waals surface area contributed by atoms with Crippen molar-refractivity contribution >= 4 is 11.9 Å². The lowest BCUT2D eigenvalue weighted by Crippen LogP contribution is -2.56. The predicted octanol–water partition coefficient (Wildman–Crippen LogP) is 1.56. The van der Waals surface area contributed by atoms with Gasteiger partial charge in [-0.15, -0.1) is 0 Å². The quantitative estimate of drug-likeness (QED) is 0.404. The van der Waals surface area contributed by atoms with Crippen LogP contribution < -0.4 is 4.74 Å². The van der Waals surface area contributed by atoms with Crippen LogP contribution in [0.25, 0.3) is 0 Å². The Morgan fingerprint density at radius 1 is 1.43 bits per heavy atom. The third kappa shape index (κ3) is 3.74. The van der Waals surface area contributed by atoms with Crippen molar-refractivity contribution in [3.05, 3.63) is 39.4 Å². The van der Waals surface area contributed by atoms with Crippen LogP contribution in [0.5, 0.6) is 5.75 Å². The highest BCUT2D eigenvalue weighted by atomic mass is 16.6. The Morgan fingerprint density at radius 2 is 2.13 bits per heavy atom. The van der Waals surface area contributed by atoms with Crippen LogP contribution in [0.4, 0.5) is 0 Å². The number of hydrogen-bond acceptors (Lipinski definition) is 7. The number of methoxy groups -OCH3 is 2. The molecule has 1 amide bonds. The Bertz CT molecular complexity index is 858. The molecule has 164 valence electrons. The molecule has 0 bridgehead atoms. The summed E-state index contributed by atoms with van der Waals surface area (Å²) < 4.78 is 10.3. The first kappa shape index (κ1) is 22.0. The van der Waals surface area contributed by atoms with Gasteiger partial charge in [-0.3, -0.25) is 19.8 Å². The Balaban J connectivity index is 1.95. The van der Waals surface area contributed by atoms with Crippen LogP contribution in [-0.2, 0) is 20.7 Å². The molecular weight excluding hydrogens is 392 g/mol. The van der Waals surface area contributed by atoms with Crippen LogP contribution in [0, 0.1) is 34.8 Å². The Morgan fingerprint density at radius 3 is 2.73 bits per heavy atom. The molecule has 30 heavy (non-hydrogen) atoms. The summed E-state index contributed by atoms with van der Waals surface area (Å²) in [5.41, 5.74) is 0.0739. The van der Waals surface area contributed by atoms with Gasteiger partial charge in [0, 0.05) is 29.6 Å². The van der Waals surface area contributed by atoms with Gasteiger partial charge < -0.3 is 14.6 Å². The standard InChI is InChI=1S/C21H28N2O7/c1-12-5-6-14(8-18(12)29-3)7-17(20(25)30-4)23-19(24)9-16-15(11-22(27)28)13(2)10-21(16,23)26/h5-6,8,13,15-17,26H,7,9-11H2,1-4H3/t13-,15+,16?,17-,21?/m0/s1. The number of esters is 1. The van der Waals surface area contributed by atoms with Crippen LogP contribution >= 0.6 is 0 Å². The van der Waals surface area contributed by atoms with E-state index in [1.165, 1.54) is 12.0 Å². The first-order valence-corrected chi connectivity index (χ1v) is 10.00. The molecule has 1 saturated heterocycles. The van der Waals surface area contributed by atoms with E-state index in [0.29, 0.717) is 5.75 Å². The molecule has 2 fully saturated rings. The fourth-order valence-electron chi connectivity index (χ4n) is 5.16. The largest absolute Gasteiger partial charge is 0.496 e. The molecule has 9 nitrogen and oxygen atoms in total. The number of amides is 1. The Hall–Kier alpha value is -2.68. The molecule has 1 aromatic rings. The number of hydrogen-bond donors (Lipinski definition) is 1. The third-order valence-electron chi connectivity index (χ3n) is 6.59. The molecule has 0 spiro atoms. The van der Waals surface area contributed by atoms with Gasteiger partial charge in [0.15, 0.2) is 0 Å². The number of aliphatic hydroxyl groups is 1. The van der Waals surface area contributed by atoms with Crippen molar-refractivity contribution < 1.29 is 29.1 Å². The maximum atomic E-state index is 12.9. The van der Waals surface area contributed by atoms with E-state index in [-0.39, 0.29) is 31.7 Å². The average molecular weight is 420 g/mol. The maximum absolute atomic E-state index is 12.9. The molecule has 5 atom stereocenters. The number of ether oxygens (including phenoxy) is 2. The van der Waals surface area contributed by atoms with E-state index >= 15 is 0 Å². The summed E-state index contributed by atoms with van der Waals surface area (Å²) in [5, 5.41) is 22.6. The van der Waals surface area contributed by atoms with Gasteiger partial charge in [0.25, 0.3) is 0 Å². The summed E-state index contributed by atoms with van der Waals surface area (Å²) in [7, 11) is 2.79. The molecule has 0 aromatic heterocycles. The smallest absolute Gasteiger partial charge is 0.329 e. The normalized spacial score (nSPS) is 28.9. The first-order chi connectivity index (χ1) is 14.1. The first-order valence-electron chi connectivity index (χ1n) is 10.00. The minimum Gasteiger partial charge on any atom is -0.496 e. The second-order valence-electron chi connectivity index (χ2n) is 8.36. The number of fused-ring (bicyclic) bond motifs is 1. The lowest BCUT2D eigenvalue weighted by Gasteiger charge is -2.38. The maximum Gasteiger partial charge on any atom is 0.329 e. The van der Waals surface area contributed by atoms with Crippen molar-refractivity contribution in [3.8, 4) is 5.75 Å². The van der Waals surface area contributed by atoms with Crippen LogP contribution in [0.1, 0.15) is 30.9 Å². The summed E-state index contributed by atoms with van der Waals surface area (Å²) in [6.07, 6.45) is 0.301. The second kappa shape index (κ2) is 8.22. The summed E-state index contributed by atoms with van der Waals surface area (Å²) in [5.74, 6) is -1.55. The summed E-state index contributed by atoms with van der Waals surface area (Å²) in [6.45, 7) is 3.42. The van der Waals surface area contributed by atoms with E-state index in [2.05, 4.69) is 0 Å². The van der Waals surface area contributed by atoms with E-state index in [4.69, 9.17) is 9.47 Å². The van der Waals surface area contributed by atoms with Crippen molar-refractivity contribution in [1.82, 2.24) is 4.90 Å². The number of benzene rings is 1. The van der Waals surface area contributed by atoms with E-state index in [1.54, 1.807) is 13.2 Å². The average Bonchev–Trinajstić information content (AvgIpc) is 3.07. The number of aryl methyl sites for hydroxylation is 1. The Labute approximate surface area is 175 Å². The van der Waals surface area contributed by atoms with E-state index < -0.39 is 40.4 Å². The summed E-state index contributed by atoms with van der Waals surface area (Å²) in [6, 6.07) is 4.45. The van der Waals surface area contributed by atoms with Gasteiger partial charge in [-0.25, -0.2) is 4.79 Å². The highest BCUT2D eigenvalue weighted by Gasteiger charge is 2.64. The van der Waals surface area contributed by atoms with Gasteiger partial charge in [-0.1, -0.05) is 19.1 Å². The zero-order valence-electron chi connectivity index (χ0n) is 17.7. The van der Waals surface area contributed by atoms with Crippen LogP contribution in [0.3, 0.4) is 0 Å². The molecule has 1 aliphatic carbocycles. The minimum absolute atomic E-state index is 0.0238. The van der Waals surface area contributed by atoms with Crippen LogP contribution in [0.15, 0.2) is 18.2 Å². The molecule has 1 heterocycles. The fraction of sp³-hybridized carbons (Fsp3) is 0.619. The number of nitrogens with zero attached hydrogens (tertiary/aromatic N) is 2. The predicted molar refractivity (Wildman–Crippen MR) is 106 cm³/mol. The molecular formula is C21H28N2O7. The van der Waals surface area contributed by atoms with Gasteiger partial charge in [0.05, 0.1) is 14.2 Å². The van der Waals surface area contributed by atoms with Crippen LogP contribution in [-0.4, -0.2) is 59.3 Å². The third-order valence-corrected chi connectivity index (χ3v) is 6.59. The molecule has 0 radical (unpaired) electrons. The molecule has 1 saturated carbocycles. The number of carbonyl (C=O) groups excluding carboxylic acids is 2. The fourth-order valence-corrected chi connectivity index (χ4v) is 5.16. The summed E-state index contributed by atoms with van der Waals surface area (Å²) in [4.78, 5) is 37.5. The molecule has 2 aliphatic rings. The monoisotopic (exact) mass is 420 g/mol. The van der Waals surface area contributed by atoms with Crippen molar-refractivity contribution in [2.75, 3.05) is 20.8 Å². The Kier molecular flexibility index (Phi) is 6.03. The van der Waals surface area contributed by atoms with Crippen molar-refractivity contribution in [3.63, 3.8) is 0 Å². The zero-order valence-corrected chi connectivity index (χ0v) is 17.7. The molecule has 1 N–H and O–H groups in total. The zero-order chi connectivity index (χ0) is 22.2. The van der Waals surface area contributed by atoms with Gasteiger partial charge in [-0.05, 0) is 36.5 Å². The highest BCUT2D eigenvalue weighted by molar-refractivity contribution is 5.87. The number of carbonyl (C=O) groups is 2. The molecule has 2 unspecified atom stereocenters. The van der Waals surface area contributed by atoms with Crippen LogP contribution in [0.2, 0.25) is 0 Å². The number of rotatable bonds is 7. The topological polar surface area (TPSA) is 119 Å². The van der Waals surface area contributed by atoms with E-state index in [0.717, 1.165) is 11.1 Å². The van der Waals surface area contributed by atoms with Gasteiger partial charge >= 0.3 is 5.97 Å². The molecule has 1 aromatic carbocycles. The van der Waals surface area contributed by atoms with Gasteiger partial charge in [0.2, 0.25) is 12.5 Å². The van der Waals surface area contributed by atoms with Gasteiger partial charge in [-0.2, -0.15) is 0 Å². The highest BCUT2D eigenvalue weighted by Crippen LogP contribution is 2.53.